The van der Waals surface area contributed by atoms with E-state index in [4.69, 9.17) is 5.26 Å². The average Bonchev–Trinajstić information content (AvgIpc) is 2.95. The number of rotatable bonds is 12. The van der Waals surface area contributed by atoms with E-state index in [0.29, 0.717) is 65.4 Å². The lowest BCUT2D eigenvalue weighted by atomic mass is 10.3. The van der Waals surface area contributed by atoms with Crippen molar-refractivity contribution in [2.45, 2.75) is 0 Å². The van der Waals surface area contributed by atoms with Gasteiger partial charge in [-0.25, -0.2) is 4.89 Å². The highest BCUT2D eigenvalue weighted by atomic mass is 17.1. The van der Waals surface area contributed by atoms with E-state index < -0.39 is 17.9 Å². The second-order valence-corrected chi connectivity index (χ2v) is 9.37. The lowest BCUT2D eigenvalue weighted by Crippen LogP contribution is -2.44. The molecule has 2 heterocycles. The summed E-state index contributed by atoms with van der Waals surface area (Å²) in [7, 11) is 0. The zero-order valence-corrected chi connectivity index (χ0v) is 21.0. The van der Waals surface area contributed by atoms with Crippen LogP contribution in [0.5, 0.6) is 0 Å². The summed E-state index contributed by atoms with van der Waals surface area (Å²) < 4.78 is 0. The van der Waals surface area contributed by atoms with Gasteiger partial charge in [0, 0.05) is 98.2 Å². The fraction of sp³-hybridized carbons (Fsp3) is 0.864. The van der Waals surface area contributed by atoms with Crippen molar-refractivity contribution in [2.24, 2.45) is 0 Å². The summed E-state index contributed by atoms with van der Waals surface area (Å²) >= 11 is 0. The van der Waals surface area contributed by atoms with Crippen LogP contribution in [0.2, 0.25) is 0 Å². The van der Waals surface area contributed by atoms with Crippen molar-refractivity contribution >= 4 is 17.9 Å². The molecule has 2 fully saturated rings. The minimum absolute atomic E-state index is 0.0247. The van der Waals surface area contributed by atoms with Gasteiger partial charge in [0.25, 0.3) is 0 Å². The third kappa shape index (κ3) is 12.9. The fourth-order valence-electron chi connectivity index (χ4n) is 4.54. The molecule has 14 heteroatoms. The van der Waals surface area contributed by atoms with Gasteiger partial charge in [0.1, 0.15) is 0 Å². The van der Waals surface area contributed by atoms with E-state index in [1.165, 1.54) is 0 Å². The third-order valence-corrected chi connectivity index (χ3v) is 6.70. The zero-order chi connectivity index (χ0) is 26.3. The molecule has 0 aromatic rings. The third-order valence-electron chi connectivity index (χ3n) is 6.70. The summed E-state index contributed by atoms with van der Waals surface area (Å²) in [5, 5.41) is 36.5. The second-order valence-electron chi connectivity index (χ2n) is 9.37. The van der Waals surface area contributed by atoms with Gasteiger partial charge in [-0.3, -0.25) is 49.0 Å². The normalized spacial score (nSPS) is 21.6. The molecule has 2 aliphatic heterocycles. The Kier molecular flexibility index (Phi) is 14.1. The summed E-state index contributed by atoms with van der Waals surface area (Å²) in [4.78, 5) is 50.4. The van der Waals surface area contributed by atoms with E-state index in [0.717, 1.165) is 32.7 Å². The van der Waals surface area contributed by atoms with Gasteiger partial charge in [0.2, 0.25) is 0 Å². The Bertz CT molecular complexity index is 659. The molecule has 0 atom stereocenters. The first kappa shape index (κ1) is 30.3. The molecule has 0 radical (unpaired) electrons. The molecule has 0 amide bonds. The Morgan fingerprint density at radius 2 is 0.722 bits per heavy atom. The Hall–Kier alpha value is -1.91. The zero-order valence-electron chi connectivity index (χ0n) is 21.0. The summed E-state index contributed by atoms with van der Waals surface area (Å²) in [6.45, 7) is 9.85. The molecular formula is C22H42N6O8. The quantitative estimate of drug-likeness (QED) is 0.159. The summed E-state index contributed by atoms with van der Waals surface area (Å²) in [5.74, 6) is -2.66. The number of hydrogen-bond acceptors (Lipinski definition) is 11. The molecule has 2 rings (SSSR count). The van der Waals surface area contributed by atoms with E-state index in [1.54, 1.807) is 0 Å². The van der Waals surface area contributed by atoms with E-state index in [9.17, 15) is 29.7 Å². The molecule has 14 nitrogen and oxygen atoms in total. The molecule has 0 bridgehead atoms. The molecule has 208 valence electrons. The highest BCUT2D eigenvalue weighted by molar-refractivity contribution is 5.69. The summed E-state index contributed by atoms with van der Waals surface area (Å²) in [6.07, 6.45) is 0. The Morgan fingerprint density at radius 3 is 0.972 bits per heavy atom. The predicted octanol–water partition coefficient (Wildman–Crippen LogP) is -2.43. The van der Waals surface area contributed by atoms with E-state index >= 15 is 0 Å². The lowest BCUT2D eigenvalue weighted by molar-refractivity contribution is -0.244. The molecule has 0 aliphatic carbocycles. The summed E-state index contributed by atoms with van der Waals surface area (Å²) in [5.41, 5.74) is 0. The number of carbonyl (C=O) groups is 3. The van der Waals surface area contributed by atoms with Gasteiger partial charge in [0.05, 0.1) is 26.2 Å². The van der Waals surface area contributed by atoms with Gasteiger partial charge in [0.15, 0.2) is 0 Å². The van der Waals surface area contributed by atoms with Crippen LogP contribution in [0.4, 0.5) is 0 Å². The van der Waals surface area contributed by atoms with Crippen molar-refractivity contribution in [2.75, 3.05) is 124 Å². The number of aliphatic carboxylic acids is 3. The minimum Gasteiger partial charge on any atom is -0.480 e. The van der Waals surface area contributed by atoms with E-state index in [1.807, 2.05) is 14.7 Å². The topological polar surface area (TPSA) is 161 Å². The minimum atomic E-state index is -0.899. The molecule has 0 aromatic carbocycles. The van der Waals surface area contributed by atoms with Crippen molar-refractivity contribution in [3.05, 3.63) is 0 Å². The first-order valence-corrected chi connectivity index (χ1v) is 12.5. The van der Waals surface area contributed by atoms with Crippen molar-refractivity contribution in [3.63, 3.8) is 0 Å². The van der Waals surface area contributed by atoms with Crippen molar-refractivity contribution < 1.29 is 39.8 Å². The maximum atomic E-state index is 11.3. The Morgan fingerprint density at radius 1 is 0.472 bits per heavy atom. The second kappa shape index (κ2) is 16.8. The number of carboxylic acids is 3. The van der Waals surface area contributed by atoms with Gasteiger partial charge in [-0.15, -0.1) is 0 Å². The van der Waals surface area contributed by atoms with Crippen LogP contribution in [0.1, 0.15) is 0 Å². The van der Waals surface area contributed by atoms with Gasteiger partial charge in [-0.05, 0) is 0 Å². The molecular weight excluding hydrogens is 476 g/mol. The van der Waals surface area contributed by atoms with Crippen LogP contribution in [0, 0.1) is 0 Å². The van der Waals surface area contributed by atoms with Crippen molar-refractivity contribution in [1.29, 1.82) is 0 Å². The Labute approximate surface area is 212 Å². The van der Waals surface area contributed by atoms with Gasteiger partial charge in [-0.2, -0.15) is 0 Å². The van der Waals surface area contributed by atoms with Crippen LogP contribution in [-0.2, 0) is 19.3 Å². The Balaban J connectivity index is 1.99. The molecule has 0 spiro atoms. The molecule has 4 N–H and O–H groups in total. The lowest BCUT2D eigenvalue weighted by Gasteiger charge is -2.30. The van der Waals surface area contributed by atoms with Gasteiger partial charge in [-0.1, -0.05) is 0 Å². The molecule has 2 saturated heterocycles. The predicted molar refractivity (Wildman–Crippen MR) is 130 cm³/mol. The van der Waals surface area contributed by atoms with Crippen molar-refractivity contribution in [1.82, 2.24) is 29.4 Å². The van der Waals surface area contributed by atoms with E-state index in [2.05, 4.69) is 19.6 Å². The molecule has 36 heavy (non-hydrogen) atoms. The number of nitrogens with zero attached hydrogens (tertiary/aromatic N) is 6. The number of carboxylic acid groups (broad SMARTS) is 3. The molecule has 0 unspecified atom stereocenters. The standard InChI is InChI=1S/C22H42N6O8/c29-20(30)17-26-9-5-23(3-4-25(8-12-26)15-16-36-35)1-2-24-6-10-27(18-21(31)32)13-14-28(11-7-24)19-22(33)34/h35H,1-19H2,(H,29,30)(H,31,32)(H,33,34). The summed E-state index contributed by atoms with van der Waals surface area (Å²) in [6, 6.07) is 0. The highest BCUT2D eigenvalue weighted by Gasteiger charge is 2.21. The monoisotopic (exact) mass is 518 g/mol. The maximum absolute atomic E-state index is 11.3. The van der Waals surface area contributed by atoms with Crippen LogP contribution >= 0.6 is 0 Å². The first-order chi connectivity index (χ1) is 17.2. The highest BCUT2D eigenvalue weighted by Crippen LogP contribution is 2.04. The molecule has 0 saturated carbocycles. The van der Waals surface area contributed by atoms with Crippen molar-refractivity contribution in [3.8, 4) is 0 Å². The van der Waals surface area contributed by atoms with Crippen LogP contribution in [0.3, 0.4) is 0 Å². The van der Waals surface area contributed by atoms with Crippen LogP contribution in [-0.4, -0.2) is 192 Å². The van der Waals surface area contributed by atoms with Crippen LogP contribution < -0.4 is 0 Å². The number of hydrogen-bond donors (Lipinski definition) is 4. The van der Waals surface area contributed by atoms with Gasteiger partial charge >= 0.3 is 17.9 Å². The largest absolute Gasteiger partial charge is 0.480 e. The van der Waals surface area contributed by atoms with E-state index in [-0.39, 0.29) is 26.2 Å². The maximum Gasteiger partial charge on any atom is 0.317 e. The average molecular weight is 519 g/mol. The molecule has 2 aliphatic rings. The van der Waals surface area contributed by atoms with Gasteiger partial charge < -0.3 is 15.3 Å². The van der Waals surface area contributed by atoms with Crippen LogP contribution in [0.25, 0.3) is 0 Å². The first-order valence-electron chi connectivity index (χ1n) is 12.5. The fourth-order valence-corrected chi connectivity index (χ4v) is 4.54. The van der Waals surface area contributed by atoms with Crippen LogP contribution in [0.15, 0.2) is 0 Å². The molecule has 0 aromatic heterocycles. The SMILES string of the molecule is O=C(O)CN1CCN(CCOO)CCN(CCN2CCN(CC(=O)O)CCN(CC(=O)O)CC2)CC1. The smallest absolute Gasteiger partial charge is 0.317 e.